The van der Waals surface area contributed by atoms with Gasteiger partial charge in [0, 0.05) is 16.3 Å². The molecule has 0 aliphatic heterocycles. The van der Waals surface area contributed by atoms with E-state index in [0.29, 0.717) is 22.0 Å². The van der Waals surface area contributed by atoms with Crippen LogP contribution in [0, 0.1) is 0 Å². The number of amides is 1. The third-order valence-electron chi connectivity index (χ3n) is 2.69. The van der Waals surface area contributed by atoms with E-state index in [2.05, 4.69) is 17.4 Å². The zero-order chi connectivity index (χ0) is 14.5. The van der Waals surface area contributed by atoms with Crippen molar-refractivity contribution < 1.29 is 4.79 Å². The number of carbonyl (C=O) groups is 1. The molecule has 2 rings (SSSR count). The number of halogens is 1. The van der Waals surface area contributed by atoms with Gasteiger partial charge in [-0.3, -0.25) is 15.6 Å². The second-order valence-electron chi connectivity index (χ2n) is 4.19. The summed E-state index contributed by atoms with van der Waals surface area (Å²) in [6.07, 6.45) is 0. The average molecular weight is 288 g/mol. The molecule has 0 heterocycles. The molecule has 2 aromatic rings. The normalized spacial score (nSPS) is 9.85. The Morgan fingerprint density at radius 2 is 1.50 bits per heavy atom. The van der Waals surface area contributed by atoms with Gasteiger partial charge >= 0.3 is 0 Å². The van der Waals surface area contributed by atoms with Crippen LogP contribution in [0.1, 0.15) is 15.9 Å². The Balaban J connectivity index is 1.94. The van der Waals surface area contributed by atoms with Gasteiger partial charge in [-0.2, -0.15) is 0 Å². The molecule has 4 N–H and O–H groups in total. The maximum atomic E-state index is 11.9. The van der Waals surface area contributed by atoms with E-state index in [0.717, 1.165) is 5.56 Å². The summed E-state index contributed by atoms with van der Waals surface area (Å²) in [7, 11) is 0. The van der Waals surface area contributed by atoms with E-state index in [-0.39, 0.29) is 5.91 Å². The predicted molar refractivity (Wildman–Crippen MR) is 81.9 cm³/mol. The molecule has 1 amide bonds. The molecule has 0 aliphatic rings. The highest BCUT2D eigenvalue weighted by Crippen LogP contribution is 2.12. The highest BCUT2D eigenvalue weighted by atomic mass is 35.5. The van der Waals surface area contributed by atoms with E-state index in [9.17, 15) is 4.79 Å². The van der Waals surface area contributed by atoms with Gasteiger partial charge in [0.15, 0.2) is 0 Å². The number of nitrogens with two attached hydrogens (primary N) is 1. The molecule has 5 heteroatoms. The second kappa shape index (κ2) is 6.12. The first kappa shape index (κ1) is 14.0. The largest absolute Gasteiger partial charge is 0.399 e. The molecule has 0 saturated heterocycles. The highest BCUT2D eigenvalue weighted by molar-refractivity contribution is 6.30. The van der Waals surface area contributed by atoms with Crippen LogP contribution >= 0.6 is 11.6 Å². The molecular weight excluding hydrogens is 274 g/mol. The molecule has 20 heavy (non-hydrogen) atoms. The number of nitrogen functional groups attached to an aromatic ring is 1. The fourth-order valence-electron chi connectivity index (χ4n) is 1.56. The standard InChI is InChI=1S/C15H14ClN3O/c1-10(11-4-8-14(17)9-5-11)18-19-15(20)12-2-6-13(16)7-3-12/h2-9,18H,1,17H2,(H,19,20). The molecule has 0 saturated carbocycles. The fraction of sp³-hybridized carbons (Fsp3) is 0. The molecule has 2 aromatic carbocycles. The number of rotatable bonds is 4. The summed E-state index contributed by atoms with van der Waals surface area (Å²) in [6.45, 7) is 3.85. The molecule has 0 bridgehead atoms. The Bertz CT molecular complexity index is 563. The zero-order valence-corrected chi connectivity index (χ0v) is 11.4. The number of benzene rings is 2. The van der Waals surface area contributed by atoms with Gasteiger partial charge in [-0.05, 0) is 42.0 Å². The first-order chi connectivity index (χ1) is 9.56. The molecular formula is C15H14ClN3O. The van der Waals surface area contributed by atoms with Gasteiger partial charge in [0.25, 0.3) is 5.91 Å². The average Bonchev–Trinajstić information content (AvgIpc) is 2.46. The number of hydrazine groups is 1. The van der Waals surface area contributed by atoms with Crippen molar-refractivity contribution >= 4 is 28.9 Å². The Kier molecular flexibility index (Phi) is 4.27. The number of anilines is 1. The van der Waals surface area contributed by atoms with Crippen LogP contribution in [0.5, 0.6) is 0 Å². The number of hydrogen-bond acceptors (Lipinski definition) is 3. The van der Waals surface area contributed by atoms with Gasteiger partial charge in [0.2, 0.25) is 0 Å². The van der Waals surface area contributed by atoms with Gasteiger partial charge in [-0.25, -0.2) is 0 Å². The van der Waals surface area contributed by atoms with Crippen LogP contribution in [0.25, 0.3) is 5.70 Å². The van der Waals surface area contributed by atoms with Crippen molar-refractivity contribution in [1.29, 1.82) is 0 Å². The summed E-state index contributed by atoms with van der Waals surface area (Å²) in [4.78, 5) is 11.9. The topological polar surface area (TPSA) is 67.1 Å². The summed E-state index contributed by atoms with van der Waals surface area (Å²) in [5.41, 5.74) is 13.5. The zero-order valence-electron chi connectivity index (χ0n) is 10.7. The third-order valence-corrected chi connectivity index (χ3v) is 2.94. The van der Waals surface area contributed by atoms with E-state index in [1.54, 1.807) is 36.4 Å². The minimum atomic E-state index is -0.265. The first-order valence-corrected chi connectivity index (χ1v) is 6.31. The maximum Gasteiger partial charge on any atom is 0.269 e. The number of nitrogens with one attached hydrogen (secondary N) is 2. The summed E-state index contributed by atoms with van der Waals surface area (Å²) in [5, 5.41) is 0.584. The summed E-state index contributed by atoms with van der Waals surface area (Å²) >= 11 is 5.77. The lowest BCUT2D eigenvalue weighted by atomic mass is 10.1. The van der Waals surface area contributed by atoms with E-state index in [1.807, 2.05) is 12.1 Å². The van der Waals surface area contributed by atoms with Crippen molar-refractivity contribution in [2.45, 2.75) is 0 Å². The van der Waals surface area contributed by atoms with Crippen molar-refractivity contribution in [3.63, 3.8) is 0 Å². The first-order valence-electron chi connectivity index (χ1n) is 5.93. The predicted octanol–water partition coefficient (Wildman–Crippen LogP) is 2.83. The molecule has 0 radical (unpaired) electrons. The number of carbonyl (C=O) groups excluding carboxylic acids is 1. The van der Waals surface area contributed by atoms with Gasteiger partial charge in [0.1, 0.15) is 0 Å². The van der Waals surface area contributed by atoms with Gasteiger partial charge in [0.05, 0.1) is 5.70 Å². The molecule has 0 unspecified atom stereocenters. The Morgan fingerprint density at radius 3 is 2.10 bits per heavy atom. The minimum Gasteiger partial charge on any atom is -0.399 e. The monoisotopic (exact) mass is 287 g/mol. The van der Waals surface area contributed by atoms with Crippen LogP contribution in [-0.2, 0) is 0 Å². The molecule has 102 valence electrons. The molecule has 0 aliphatic carbocycles. The Morgan fingerprint density at radius 1 is 0.950 bits per heavy atom. The molecule has 0 aromatic heterocycles. The Hall–Kier alpha value is -2.46. The van der Waals surface area contributed by atoms with Crippen molar-refractivity contribution in [3.05, 3.63) is 71.3 Å². The molecule has 0 atom stereocenters. The van der Waals surface area contributed by atoms with Crippen LogP contribution in [0.3, 0.4) is 0 Å². The van der Waals surface area contributed by atoms with E-state index in [4.69, 9.17) is 17.3 Å². The molecule has 0 spiro atoms. The lowest BCUT2D eigenvalue weighted by Crippen LogP contribution is -2.35. The van der Waals surface area contributed by atoms with Gasteiger partial charge in [-0.15, -0.1) is 0 Å². The fourth-order valence-corrected chi connectivity index (χ4v) is 1.69. The lowest BCUT2D eigenvalue weighted by molar-refractivity contribution is 0.0942. The van der Waals surface area contributed by atoms with Gasteiger partial charge in [-0.1, -0.05) is 30.3 Å². The smallest absolute Gasteiger partial charge is 0.269 e. The third kappa shape index (κ3) is 3.52. The summed E-state index contributed by atoms with van der Waals surface area (Å²) in [6, 6.07) is 13.8. The number of hydrogen-bond donors (Lipinski definition) is 3. The van der Waals surface area contributed by atoms with Crippen LogP contribution < -0.4 is 16.6 Å². The summed E-state index contributed by atoms with van der Waals surface area (Å²) in [5.74, 6) is -0.265. The van der Waals surface area contributed by atoms with E-state index < -0.39 is 0 Å². The Labute approximate surface area is 122 Å². The van der Waals surface area contributed by atoms with E-state index in [1.165, 1.54) is 0 Å². The highest BCUT2D eigenvalue weighted by Gasteiger charge is 2.05. The lowest BCUT2D eigenvalue weighted by Gasteiger charge is -2.11. The maximum absolute atomic E-state index is 11.9. The van der Waals surface area contributed by atoms with Crippen molar-refractivity contribution in [3.8, 4) is 0 Å². The van der Waals surface area contributed by atoms with E-state index >= 15 is 0 Å². The van der Waals surface area contributed by atoms with Crippen molar-refractivity contribution in [2.75, 3.05) is 5.73 Å². The van der Waals surface area contributed by atoms with Crippen molar-refractivity contribution in [1.82, 2.24) is 10.9 Å². The quantitative estimate of drug-likeness (QED) is 0.598. The van der Waals surface area contributed by atoms with Crippen LogP contribution in [0.2, 0.25) is 5.02 Å². The minimum absolute atomic E-state index is 0.265. The SMILES string of the molecule is C=C(NNC(=O)c1ccc(Cl)cc1)c1ccc(N)cc1. The van der Waals surface area contributed by atoms with Crippen LogP contribution in [0.4, 0.5) is 5.69 Å². The summed E-state index contributed by atoms with van der Waals surface area (Å²) < 4.78 is 0. The molecule has 0 fully saturated rings. The van der Waals surface area contributed by atoms with Crippen LogP contribution in [0.15, 0.2) is 55.1 Å². The van der Waals surface area contributed by atoms with Crippen molar-refractivity contribution in [2.24, 2.45) is 0 Å². The second-order valence-corrected chi connectivity index (χ2v) is 4.62. The molecule has 4 nitrogen and oxygen atoms in total. The van der Waals surface area contributed by atoms with Crippen LogP contribution in [-0.4, -0.2) is 5.91 Å². The van der Waals surface area contributed by atoms with Gasteiger partial charge < -0.3 is 5.73 Å².